The fraction of sp³-hybridized carbons (Fsp3) is 0.104. The molecule has 0 spiro atoms. The Morgan fingerprint density at radius 3 is 1.99 bits per heavy atom. The van der Waals surface area contributed by atoms with Crippen molar-refractivity contribution >= 4 is 85.3 Å². The van der Waals surface area contributed by atoms with Crippen LogP contribution in [0.2, 0.25) is 0 Å². The number of fused-ring (bicyclic) bond motifs is 13. The van der Waals surface area contributed by atoms with E-state index in [2.05, 4.69) is 261 Å². The van der Waals surface area contributed by atoms with Gasteiger partial charge < -0.3 is 19.0 Å². The average molecular weight is 956 g/mol. The Balaban J connectivity index is 1.12. The van der Waals surface area contributed by atoms with Gasteiger partial charge in [0.1, 0.15) is 11.5 Å². The van der Waals surface area contributed by atoms with Gasteiger partial charge in [-0.25, -0.2) is 0 Å². The van der Waals surface area contributed by atoms with Gasteiger partial charge in [-0.1, -0.05) is 180 Å². The van der Waals surface area contributed by atoms with Gasteiger partial charge in [0.25, 0.3) is 0 Å². The lowest BCUT2D eigenvalue weighted by Crippen LogP contribution is -2.57. The molecule has 1 aliphatic carbocycles. The number of hydrogen-bond donors (Lipinski definition) is 0. The molecule has 0 N–H and O–H groups in total. The summed E-state index contributed by atoms with van der Waals surface area (Å²) in [5.41, 5.74) is 21.8. The predicted octanol–water partition coefficient (Wildman–Crippen LogP) is 17.2. The first-order valence-corrected chi connectivity index (χ1v) is 26.3. The molecule has 4 nitrogen and oxygen atoms in total. The lowest BCUT2D eigenvalue weighted by molar-refractivity contribution is 0.455. The van der Waals surface area contributed by atoms with Crippen LogP contribution >= 0.6 is 11.8 Å². The molecule has 0 fully saturated rings. The second-order valence-corrected chi connectivity index (χ2v) is 22.7. The van der Waals surface area contributed by atoms with Crippen LogP contribution in [0.25, 0.3) is 55.2 Å². The van der Waals surface area contributed by atoms with Crippen molar-refractivity contribution in [3.05, 3.63) is 229 Å². The second-order valence-electron chi connectivity index (χ2n) is 21.7. The highest BCUT2D eigenvalue weighted by molar-refractivity contribution is 7.99. The summed E-state index contributed by atoms with van der Waals surface area (Å²) in [6.45, 7) is 11.6. The number of ether oxygens (including phenoxy) is 1. The van der Waals surface area contributed by atoms with Gasteiger partial charge >= 0.3 is 6.85 Å². The molecule has 4 heterocycles. The number of anilines is 6. The third-order valence-electron chi connectivity index (χ3n) is 16.1. The normalized spacial score (nSPS) is 14.2. The fourth-order valence-electron chi connectivity index (χ4n) is 12.8. The van der Waals surface area contributed by atoms with Crippen molar-refractivity contribution in [3.63, 3.8) is 0 Å². The van der Waals surface area contributed by atoms with Gasteiger partial charge in [0, 0.05) is 66.8 Å². The Bertz CT molecular complexity index is 4080. The zero-order valence-corrected chi connectivity index (χ0v) is 42.3. The Kier molecular flexibility index (Phi) is 8.97. The van der Waals surface area contributed by atoms with Crippen molar-refractivity contribution in [3.8, 4) is 45.0 Å². The summed E-state index contributed by atoms with van der Waals surface area (Å²) in [5, 5.41) is 3.71. The topological polar surface area (TPSA) is 20.6 Å². The molecule has 11 aromatic rings. The predicted molar refractivity (Wildman–Crippen MR) is 307 cm³/mol. The maximum atomic E-state index is 7.01. The van der Waals surface area contributed by atoms with E-state index in [0.717, 1.165) is 49.7 Å². The lowest BCUT2D eigenvalue weighted by Gasteiger charge is -2.43. The first kappa shape index (κ1) is 42.5. The van der Waals surface area contributed by atoms with Gasteiger partial charge in [0.15, 0.2) is 0 Å². The Labute approximate surface area is 431 Å². The quantitative estimate of drug-likeness (QED) is 0.160. The molecular formula is C67H50BN3OS. The largest absolute Gasteiger partial charge is 0.455 e. The Morgan fingerprint density at radius 1 is 0.534 bits per heavy atom. The molecule has 0 saturated heterocycles. The van der Waals surface area contributed by atoms with Crippen LogP contribution in [0.15, 0.2) is 222 Å². The third-order valence-corrected chi connectivity index (χ3v) is 17.2. The van der Waals surface area contributed by atoms with Crippen LogP contribution in [0.3, 0.4) is 0 Å². The van der Waals surface area contributed by atoms with Crippen molar-refractivity contribution < 1.29 is 4.74 Å². The van der Waals surface area contributed by atoms with E-state index in [0.29, 0.717) is 0 Å². The molecule has 10 aromatic carbocycles. The lowest BCUT2D eigenvalue weighted by atomic mass is 9.44. The average Bonchev–Trinajstić information content (AvgIpc) is 3.89. The third kappa shape index (κ3) is 6.11. The van der Waals surface area contributed by atoms with Crippen molar-refractivity contribution in [2.45, 2.75) is 55.2 Å². The molecule has 0 unspecified atom stereocenters. The van der Waals surface area contributed by atoms with Crippen LogP contribution in [-0.4, -0.2) is 11.3 Å². The molecule has 0 amide bonds. The standard InChI is InChI=1S/C67H50BN3OS/c1-66(2,3)43-33-34-55(49(36-43)41-21-9-6-10-22-41)70-56-40-60-58(72-57-31-19-20-32-59(57)73-60)39-54(56)68-62-50(35-42-23-15-16-28-47(42)65(62)70)51-37-46(69(44-24-11-7-12-25-44)45-26-13-8-14-27-45)38-52-61-64(71(68)63(51)52)48-29-17-18-30-53(48)67(61,4)5/h6-40H,1-5H3. The smallest absolute Gasteiger partial charge is 0.333 e. The number of rotatable bonds is 5. The van der Waals surface area contributed by atoms with Crippen LogP contribution in [0, 0.1) is 0 Å². The summed E-state index contributed by atoms with van der Waals surface area (Å²) in [6.07, 6.45) is 0. The number of para-hydroxylation sites is 3. The summed E-state index contributed by atoms with van der Waals surface area (Å²) in [7, 11) is 0. The minimum atomic E-state index is -0.290. The van der Waals surface area contributed by atoms with Gasteiger partial charge in [-0.3, -0.25) is 0 Å². The highest BCUT2D eigenvalue weighted by Gasteiger charge is 2.50. The van der Waals surface area contributed by atoms with E-state index in [9.17, 15) is 0 Å². The maximum absolute atomic E-state index is 7.01. The van der Waals surface area contributed by atoms with E-state index < -0.39 is 0 Å². The first-order chi connectivity index (χ1) is 35.6. The van der Waals surface area contributed by atoms with Gasteiger partial charge in [0.2, 0.25) is 0 Å². The number of aromatic nitrogens is 1. The minimum absolute atomic E-state index is 0.0644. The maximum Gasteiger partial charge on any atom is 0.333 e. The van der Waals surface area contributed by atoms with Crippen LogP contribution in [-0.2, 0) is 10.8 Å². The second kappa shape index (κ2) is 15.4. The van der Waals surface area contributed by atoms with E-state index in [4.69, 9.17) is 4.74 Å². The monoisotopic (exact) mass is 955 g/mol. The summed E-state index contributed by atoms with van der Waals surface area (Å²) in [4.78, 5) is 7.31. The van der Waals surface area contributed by atoms with Crippen LogP contribution in [0.4, 0.5) is 34.1 Å². The molecule has 0 saturated carbocycles. The molecule has 348 valence electrons. The SMILES string of the molecule is CC(C)(C)c1ccc(N2c3cc4c(cc3B3c5c(cc6ccccc6c52)-c2cc(N(c5ccccc5)c5ccccc5)cc5c6c(n3c25)-c2ccccc2C6(C)C)Oc2ccccc2S4)c(-c2ccccc2)c1. The summed E-state index contributed by atoms with van der Waals surface area (Å²) in [5.74, 6) is 1.79. The summed E-state index contributed by atoms with van der Waals surface area (Å²) in [6, 6.07) is 79.0. The van der Waals surface area contributed by atoms with Gasteiger partial charge in [0.05, 0.1) is 21.2 Å². The summed E-state index contributed by atoms with van der Waals surface area (Å²) < 4.78 is 9.77. The Hall–Kier alpha value is -8.19. The molecule has 1 aromatic heterocycles. The summed E-state index contributed by atoms with van der Waals surface area (Å²) >= 11 is 1.80. The van der Waals surface area contributed by atoms with Crippen LogP contribution < -0.4 is 25.5 Å². The van der Waals surface area contributed by atoms with Gasteiger partial charge in [-0.2, -0.15) is 0 Å². The molecule has 3 aliphatic heterocycles. The van der Waals surface area contributed by atoms with Crippen LogP contribution in [0.1, 0.15) is 51.3 Å². The highest BCUT2D eigenvalue weighted by atomic mass is 32.2. The molecule has 73 heavy (non-hydrogen) atoms. The van der Waals surface area contributed by atoms with Crippen LogP contribution in [0.5, 0.6) is 11.5 Å². The zero-order valence-electron chi connectivity index (χ0n) is 41.4. The first-order valence-electron chi connectivity index (χ1n) is 25.5. The van der Waals surface area contributed by atoms with E-state index >= 15 is 0 Å². The highest BCUT2D eigenvalue weighted by Crippen LogP contribution is 2.59. The number of nitrogens with zero attached hydrogens (tertiary/aromatic N) is 3. The fourth-order valence-corrected chi connectivity index (χ4v) is 13.8. The van der Waals surface area contributed by atoms with Crippen molar-refractivity contribution in [1.29, 1.82) is 0 Å². The molecule has 0 bridgehead atoms. The van der Waals surface area contributed by atoms with Crippen molar-refractivity contribution in [2.75, 3.05) is 9.80 Å². The van der Waals surface area contributed by atoms with E-state index in [1.807, 2.05) is 0 Å². The van der Waals surface area contributed by atoms with Gasteiger partial charge in [-0.15, -0.1) is 0 Å². The molecule has 4 aliphatic rings. The van der Waals surface area contributed by atoms with E-state index in [1.54, 1.807) is 11.8 Å². The molecular weight excluding hydrogens is 906 g/mol. The molecule has 0 atom stereocenters. The van der Waals surface area contributed by atoms with E-state index in [1.165, 1.54) is 88.5 Å². The van der Waals surface area contributed by atoms with Crippen molar-refractivity contribution in [2.24, 2.45) is 0 Å². The van der Waals surface area contributed by atoms with E-state index in [-0.39, 0.29) is 17.7 Å². The minimum Gasteiger partial charge on any atom is -0.455 e. The Morgan fingerprint density at radius 2 is 1.22 bits per heavy atom. The van der Waals surface area contributed by atoms with Gasteiger partial charge in [-0.05, 0) is 128 Å². The molecule has 0 radical (unpaired) electrons. The molecule has 6 heteroatoms. The molecule has 15 rings (SSSR count). The zero-order chi connectivity index (χ0) is 48.9. The van der Waals surface area contributed by atoms with Crippen molar-refractivity contribution in [1.82, 2.24) is 4.48 Å². The number of hydrogen-bond acceptors (Lipinski definition) is 4. The number of benzene rings is 10.